The Labute approximate surface area is 123 Å². The van der Waals surface area contributed by atoms with E-state index in [1.165, 1.54) is 30.3 Å². The van der Waals surface area contributed by atoms with E-state index in [1.807, 2.05) is 0 Å². The number of anilines is 2. The number of hydrogen-bond donors (Lipinski definition) is 2. The van der Waals surface area contributed by atoms with Gasteiger partial charge in [-0.15, -0.1) is 0 Å². The highest BCUT2D eigenvalue weighted by molar-refractivity contribution is 6.30. The van der Waals surface area contributed by atoms with Gasteiger partial charge in [0.2, 0.25) is 0 Å². The maximum absolute atomic E-state index is 13.0. The third kappa shape index (κ3) is 3.78. The van der Waals surface area contributed by atoms with Gasteiger partial charge in [-0.3, -0.25) is 0 Å². The largest absolute Gasteiger partial charge is 0.418 e. The van der Waals surface area contributed by atoms with Gasteiger partial charge in [-0.05, 0) is 35.9 Å². The normalized spacial score (nSPS) is 11.5. The molecule has 0 aliphatic carbocycles. The Kier molecular flexibility index (Phi) is 4.27. The second kappa shape index (κ2) is 5.81. The fraction of sp³-hybridized carbons (Fsp3) is 0.143. The van der Waals surface area contributed by atoms with Crippen LogP contribution < -0.4 is 11.1 Å². The zero-order chi connectivity index (χ0) is 15.6. The molecule has 21 heavy (non-hydrogen) atoms. The predicted molar refractivity (Wildman–Crippen MR) is 74.6 cm³/mol. The lowest BCUT2D eigenvalue weighted by atomic mass is 10.1. The number of nitrogens with one attached hydrogen (secondary N) is 1. The highest BCUT2D eigenvalue weighted by Crippen LogP contribution is 2.35. The van der Waals surface area contributed by atoms with E-state index in [1.54, 1.807) is 0 Å². The highest BCUT2D eigenvalue weighted by atomic mass is 35.5. The molecule has 3 N–H and O–H groups in total. The Morgan fingerprint density at radius 2 is 1.81 bits per heavy atom. The van der Waals surface area contributed by atoms with E-state index in [4.69, 9.17) is 17.3 Å². The Hall–Kier alpha value is -1.95. The zero-order valence-corrected chi connectivity index (χ0v) is 11.4. The molecule has 2 aromatic rings. The maximum atomic E-state index is 13.0. The Morgan fingerprint density at radius 1 is 1.10 bits per heavy atom. The average molecular weight is 319 g/mol. The van der Waals surface area contributed by atoms with Crippen LogP contribution in [0.2, 0.25) is 5.02 Å². The van der Waals surface area contributed by atoms with Crippen molar-refractivity contribution in [3.05, 3.63) is 58.4 Å². The summed E-state index contributed by atoms with van der Waals surface area (Å²) in [6.07, 6.45) is -4.51. The van der Waals surface area contributed by atoms with E-state index in [0.29, 0.717) is 5.56 Å². The van der Waals surface area contributed by atoms with Gasteiger partial charge in [0, 0.05) is 17.9 Å². The first-order valence-electron chi connectivity index (χ1n) is 5.92. The van der Waals surface area contributed by atoms with Crippen LogP contribution >= 0.6 is 11.6 Å². The van der Waals surface area contributed by atoms with Crippen LogP contribution in [0.25, 0.3) is 0 Å². The fourth-order valence-corrected chi connectivity index (χ4v) is 1.97. The van der Waals surface area contributed by atoms with Crippen LogP contribution in [-0.4, -0.2) is 0 Å². The number of nitrogen functional groups attached to an aromatic ring is 1. The van der Waals surface area contributed by atoms with Crippen molar-refractivity contribution in [2.75, 3.05) is 11.1 Å². The SMILES string of the molecule is Nc1ccc(NCc2ccc(F)c(Cl)c2)cc1C(F)(F)F. The second-order valence-corrected chi connectivity index (χ2v) is 4.81. The van der Waals surface area contributed by atoms with Gasteiger partial charge in [-0.25, -0.2) is 4.39 Å². The lowest BCUT2D eigenvalue weighted by Crippen LogP contribution is -2.10. The van der Waals surface area contributed by atoms with Crippen LogP contribution in [0, 0.1) is 5.82 Å². The van der Waals surface area contributed by atoms with Crippen LogP contribution in [0.3, 0.4) is 0 Å². The first-order valence-corrected chi connectivity index (χ1v) is 6.29. The van der Waals surface area contributed by atoms with Gasteiger partial charge in [0.05, 0.1) is 10.6 Å². The van der Waals surface area contributed by atoms with Crippen molar-refractivity contribution in [3.8, 4) is 0 Å². The van der Waals surface area contributed by atoms with Crippen molar-refractivity contribution in [1.29, 1.82) is 0 Å². The lowest BCUT2D eigenvalue weighted by molar-refractivity contribution is -0.136. The van der Waals surface area contributed by atoms with Crippen LogP contribution in [0.4, 0.5) is 28.9 Å². The lowest BCUT2D eigenvalue weighted by Gasteiger charge is -2.13. The molecular formula is C14H11ClF4N2. The van der Waals surface area contributed by atoms with E-state index in [-0.39, 0.29) is 22.9 Å². The number of nitrogens with two attached hydrogens (primary N) is 1. The minimum absolute atomic E-state index is 0.0393. The third-order valence-corrected chi connectivity index (χ3v) is 3.13. The first-order chi connectivity index (χ1) is 9.77. The van der Waals surface area contributed by atoms with Crippen LogP contribution in [0.5, 0.6) is 0 Å². The first kappa shape index (κ1) is 15.4. The second-order valence-electron chi connectivity index (χ2n) is 4.40. The van der Waals surface area contributed by atoms with E-state index < -0.39 is 17.6 Å². The summed E-state index contributed by atoms with van der Waals surface area (Å²) in [5.41, 5.74) is 4.98. The Balaban J connectivity index is 2.15. The third-order valence-electron chi connectivity index (χ3n) is 2.84. The minimum Gasteiger partial charge on any atom is -0.398 e. The fourth-order valence-electron chi connectivity index (χ4n) is 1.77. The standard InChI is InChI=1S/C14H11ClF4N2/c15-11-5-8(1-3-12(11)16)7-21-9-2-4-13(20)10(6-9)14(17,18)19/h1-6,21H,7,20H2. The molecule has 0 fully saturated rings. The number of halogens is 5. The maximum Gasteiger partial charge on any atom is 0.418 e. The molecule has 2 aromatic carbocycles. The van der Waals surface area contributed by atoms with Crippen molar-refractivity contribution >= 4 is 23.0 Å². The molecular weight excluding hydrogens is 308 g/mol. The molecule has 0 saturated heterocycles. The summed E-state index contributed by atoms with van der Waals surface area (Å²) in [6.45, 7) is 0.210. The summed E-state index contributed by atoms with van der Waals surface area (Å²) < 4.78 is 51.2. The van der Waals surface area contributed by atoms with Gasteiger partial charge in [0.25, 0.3) is 0 Å². The van der Waals surface area contributed by atoms with Gasteiger partial charge in [0.1, 0.15) is 5.82 Å². The van der Waals surface area contributed by atoms with Crippen molar-refractivity contribution in [2.45, 2.75) is 12.7 Å². The number of hydrogen-bond acceptors (Lipinski definition) is 2. The van der Waals surface area contributed by atoms with Crippen molar-refractivity contribution in [1.82, 2.24) is 0 Å². The monoisotopic (exact) mass is 318 g/mol. The summed E-state index contributed by atoms with van der Waals surface area (Å²) in [4.78, 5) is 0. The summed E-state index contributed by atoms with van der Waals surface area (Å²) in [5.74, 6) is -0.549. The number of benzene rings is 2. The molecule has 2 nitrogen and oxygen atoms in total. The molecule has 0 spiro atoms. The van der Waals surface area contributed by atoms with E-state index >= 15 is 0 Å². The summed E-state index contributed by atoms with van der Waals surface area (Å²) in [5, 5.41) is 2.77. The molecule has 0 aliphatic heterocycles. The van der Waals surface area contributed by atoms with Crippen molar-refractivity contribution in [3.63, 3.8) is 0 Å². The molecule has 0 unspecified atom stereocenters. The molecule has 0 heterocycles. The zero-order valence-electron chi connectivity index (χ0n) is 10.6. The van der Waals surface area contributed by atoms with Gasteiger partial charge >= 0.3 is 6.18 Å². The minimum atomic E-state index is -4.51. The molecule has 2 rings (SSSR count). The van der Waals surface area contributed by atoms with E-state index in [0.717, 1.165) is 6.07 Å². The Bertz CT molecular complexity index is 656. The van der Waals surface area contributed by atoms with Crippen LogP contribution in [0.1, 0.15) is 11.1 Å². The van der Waals surface area contributed by atoms with Crippen molar-refractivity contribution in [2.24, 2.45) is 0 Å². The molecule has 0 amide bonds. The van der Waals surface area contributed by atoms with Gasteiger partial charge < -0.3 is 11.1 Å². The Morgan fingerprint density at radius 3 is 2.43 bits per heavy atom. The van der Waals surface area contributed by atoms with Crippen LogP contribution in [0.15, 0.2) is 36.4 Å². The van der Waals surface area contributed by atoms with Gasteiger partial charge in [-0.1, -0.05) is 17.7 Å². The summed E-state index contributed by atoms with van der Waals surface area (Å²) in [7, 11) is 0. The van der Waals surface area contributed by atoms with Crippen molar-refractivity contribution < 1.29 is 17.6 Å². The molecule has 0 aliphatic rings. The molecule has 0 bridgehead atoms. The molecule has 0 radical (unpaired) electrons. The summed E-state index contributed by atoms with van der Waals surface area (Å²) in [6, 6.07) is 7.66. The topological polar surface area (TPSA) is 38.0 Å². The number of alkyl halides is 3. The molecule has 7 heteroatoms. The quantitative estimate of drug-likeness (QED) is 0.636. The van der Waals surface area contributed by atoms with E-state index in [9.17, 15) is 17.6 Å². The summed E-state index contributed by atoms with van der Waals surface area (Å²) >= 11 is 5.63. The predicted octanol–water partition coefficient (Wildman–Crippen LogP) is 4.69. The van der Waals surface area contributed by atoms with Gasteiger partial charge in [0.15, 0.2) is 0 Å². The molecule has 112 valence electrons. The molecule has 0 atom stereocenters. The smallest absolute Gasteiger partial charge is 0.398 e. The van der Waals surface area contributed by atoms with E-state index in [2.05, 4.69) is 5.32 Å². The average Bonchev–Trinajstić information content (AvgIpc) is 2.40. The van der Waals surface area contributed by atoms with Gasteiger partial charge in [-0.2, -0.15) is 13.2 Å². The molecule has 0 aromatic heterocycles. The highest BCUT2D eigenvalue weighted by Gasteiger charge is 2.33. The van der Waals surface area contributed by atoms with Crippen LogP contribution in [-0.2, 0) is 12.7 Å². The molecule has 0 saturated carbocycles. The number of rotatable bonds is 3.